The number of fused-ring (bicyclic) bond motifs is 2. The molecule has 0 saturated carbocycles. The van der Waals surface area contributed by atoms with Crippen LogP contribution in [-0.4, -0.2) is 51.1 Å². The van der Waals surface area contributed by atoms with Crippen molar-refractivity contribution in [2.45, 2.75) is 38.5 Å². The largest absolute Gasteiger partial charge is 0.508 e. The van der Waals surface area contributed by atoms with Crippen LogP contribution in [-0.2, 0) is 10.8 Å². The molecule has 12 nitrogen and oxygen atoms in total. The molecule has 2 aromatic heterocycles. The number of halogens is 2. The average Bonchev–Trinajstić information content (AvgIpc) is 1.10. The number of carbonyl (C=O) groups is 2. The number of aromatic nitrogens is 2. The van der Waals surface area contributed by atoms with Gasteiger partial charge in [0.1, 0.15) is 57.6 Å². The molecular weight excluding hydrogens is 1140 g/mol. The van der Waals surface area contributed by atoms with Crippen LogP contribution in [0.15, 0.2) is 260 Å². The monoisotopic (exact) mass is 1200 g/mol. The maximum absolute atomic E-state index is 13.2. The highest BCUT2D eigenvalue weighted by Crippen LogP contribution is 2.36. The van der Waals surface area contributed by atoms with Crippen LogP contribution in [0.4, 0.5) is 8.78 Å². The van der Waals surface area contributed by atoms with Gasteiger partial charge in [0.25, 0.3) is 0 Å². The Kier molecular flexibility index (Phi) is 19.9. The lowest BCUT2D eigenvalue weighted by Crippen LogP contribution is -2.18. The molecule has 12 rings (SSSR count). The molecule has 0 aliphatic rings. The lowest BCUT2D eigenvalue weighted by Gasteiger charge is -2.26. The average molecular weight is 1200 g/mol. The third kappa shape index (κ3) is 16.2. The zero-order valence-electron chi connectivity index (χ0n) is 50.2. The number of phenolic OH excluding ortho intramolecular Hbond substituents is 3. The Hall–Kier alpha value is -11.4. The predicted molar refractivity (Wildman–Crippen MR) is 347 cm³/mol. The van der Waals surface area contributed by atoms with Gasteiger partial charge in [0.2, 0.25) is 11.4 Å². The Labute approximate surface area is 519 Å². The van der Waals surface area contributed by atoms with E-state index >= 15 is 0 Å². The molecule has 10 aromatic carbocycles. The van der Waals surface area contributed by atoms with Gasteiger partial charge in [0.15, 0.2) is 11.6 Å². The van der Waals surface area contributed by atoms with Crippen LogP contribution in [0.5, 0.6) is 51.9 Å². The Bertz CT molecular complexity index is 4350. The molecule has 0 bridgehead atoms. The van der Waals surface area contributed by atoms with Crippen LogP contribution in [0.2, 0.25) is 0 Å². The fourth-order valence-corrected chi connectivity index (χ4v) is 9.60. The molecule has 12 aromatic rings. The molecule has 4 N–H and O–H groups in total. The lowest BCUT2D eigenvalue weighted by molar-refractivity contribution is 0.103. The van der Waals surface area contributed by atoms with Crippen molar-refractivity contribution in [2.75, 3.05) is 14.2 Å². The Balaban J connectivity index is 0.000000172. The third-order valence-electron chi connectivity index (χ3n) is 15.0. The molecule has 2 heterocycles. The number of H-pyrrole nitrogens is 1. The summed E-state index contributed by atoms with van der Waals surface area (Å²) in [4.78, 5) is 42.9. The van der Waals surface area contributed by atoms with Crippen LogP contribution < -0.4 is 24.5 Å². The van der Waals surface area contributed by atoms with Crippen molar-refractivity contribution in [3.8, 4) is 51.9 Å². The van der Waals surface area contributed by atoms with Gasteiger partial charge in [-0.2, -0.15) is 0 Å². The molecule has 0 unspecified atom stereocenters. The van der Waals surface area contributed by atoms with Crippen molar-refractivity contribution < 1.29 is 52.6 Å². The number of hydrogen-bond acceptors (Lipinski definition) is 11. The van der Waals surface area contributed by atoms with E-state index in [-0.39, 0.29) is 45.2 Å². The molecular formula is C76H64F2N2O10. The minimum atomic E-state index is -0.393. The maximum atomic E-state index is 13.2. The highest BCUT2D eigenvalue weighted by atomic mass is 19.1. The highest BCUT2D eigenvalue weighted by Gasteiger charge is 2.24. The van der Waals surface area contributed by atoms with Crippen molar-refractivity contribution in [2.24, 2.45) is 0 Å². The van der Waals surface area contributed by atoms with Crippen LogP contribution in [0.25, 0.3) is 21.8 Å². The summed E-state index contributed by atoms with van der Waals surface area (Å²) in [6.07, 6.45) is 0. The minimum Gasteiger partial charge on any atom is -0.508 e. The molecule has 0 fully saturated rings. The van der Waals surface area contributed by atoms with Gasteiger partial charge in [-0.3, -0.25) is 14.4 Å². The molecule has 14 heteroatoms. The van der Waals surface area contributed by atoms with Gasteiger partial charge in [-0.1, -0.05) is 76.2 Å². The number of hydrogen-bond donors (Lipinski definition) is 4. The molecule has 0 aliphatic carbocycles. The first-order chi connectivity index (χ1) is 43.2. The molecule has 0 saturated heterocycles. The van der Waals surface area contributed by atoms with E-state index in [0.717, 1.165) is 44.4 Å². The van der Waals surface area contributed by atoms with E-state index < -0.39 is 11.6 Å². The maximum Gasteiger partial charge on any atom is 0.248 e. The van der Waals surface area contributed by atoms with Crippen LogP contribution in [0.3, 0.4) is 0 Å². The molecule has 0 atom stereocenters. The van der Waals surface area contributed by atoms with Crippen LogP contribution >= 0.6 is 0 Å². The molecule has 0 aliphatic heterocycles. The fraction of sp³-hybridized carbons (Fsp3) is 0.105. The standard InChI is InChI=1S/C39H33NO5.C15H16O2.C13H8F2O.C9H7NO2/c1-39(2,29-10-18-31(42-3)19-11-29)30-12-20-34(21-13-30)44-32-14-5-26(6-15-32)38(41)27-7-16-33(17-8-27)45-35-22-23-36-28(25-35)9-24-37(40-36)43-4;1-15(2,11-3-7-13(16)8-4-11)12-5-9-14(17)10-6-12;14-11-5-1-9(2-6-11)13(16)10-3-7-12(15)8-4-10;11-7-2-3-8-6(5-7)1-4-9(12)10-8/h5-25H,1-4H3;3-10,16-17H,1-2H3;1-8H;1-5,11H,(H,10,12). The number of phenols is 3. The van der Waals surface area contributed by atoms with Crippen molar-refractivity contribution in [1.29, 1.82) is 0 Å². The van der Waals surface area contributed by atoms with E-state index in [1.54, 1.807) is 93.1 Å². The SMILES string of the molecule is CC(C)(c1ccc(O)cc1)c1ccc(O)cc1.COc1ccc(C(C)(C)c2ccc(Oc3ccc(C(=O)c4ccc(Oc5ccc6nc(OC)ccc6c5)cc4)cc3)cc2)cc1.O=C(c1ccc(F)cc1)c1ccc(F)cc1.O=c1ccc2cc(O)ccc2[nH]1. The number of nitrogens with one attached hydrogen (secondary N) is 1. The highest BCUT2D eigenvalue weighted by molar-refractivity contribution is 6.09. The Morgan fingerprint density at radius 2 is 0.756 bits per heavy atom. The summed E-state index contributed by atoms with van der Waals surface area (Å²) >= 11 is 0. The summed E-state index contributed by atoms with van der Waals surface area (Å²) < 4.78 is 47.9. The van der Waals surface area contributed by atoms with Gasteiger partial charge < -0.3 is 39.3 Å². The van der Waals surface area contributed by atoms with Gasteiger partial charge in [0, 0.05) is 61.5 Å². The van der Waals surface area contributed by atoms with Gasteiger partial charge in [-0.15, -0.1) is 0 Å². The zero-order valence-corrected chi connectivity index (χ0v) is 50.2. The number of ketones is 2. The first kappa shape index (κ1) is 63.1. The third-order valence-corrected chi connectivity index (χ3v) is 15.0. The lowest BCUT2D eigenvalue weighted by atomic mass is 9.78. The summed E-state index contributed by atoms with van der Waals surface area (Å²) in [5.74, 6) is 3.73. The van der Waals surface area contributed by atoms with Crippen molar-refractivity contribution in [3.63, 3.8) is 0 Å². The molecule has 0 amide bonds. The van der Waals surface area contributed by atoms with E-state index in [2.05, 4.69) is 61.9 Å². The summed E-state index contributed by atoms with van der Waals surface area (Å²) in [5.41, 5.74) is 7.63. The van der Waals surface area contributed by atoms with Crippen molar-refractivity contribution in [3.05, 3.63) is 321 Å². The summed E-state index contributed by atoms with van der Waals surface area (Å²) in [7, 11) is 3.26. The van der Waals surface area contributed by atoms with Crippen molar-refractivity contribution >= 4 is 33.4 Å². The first-order valence-electron chi connectivity index (χ1n) is 28.5. The number of carbonyl (C=O) groups excluding carboxylic acids is 2. The number of methoxy groups -OCH3 is 2. The molecule has 0 spiro atoms. The van der Waals surface area contributed by atoms with Crippen LogP contribution in [0, 0.1) is 11.6 Å². The number of pyridine rings is 2. The number of benzene rings is 10. The minimum absolute atomic E-state index is 0.0797. The molecule has 90 heavy (non-hydrogen) atoms. The van der Waals surface area contributed by atoms with Crippen LogP contribution in [0.1, 0.15) is 81.8 Å². The molecule has 0 radical (unpaired) electrons. The second-order valence-corrected chi connectivity index (χ2v) is 21.8. The van der Waals surface area contributed by atoms with E-state index in [1.165, 1.54) is 71.8 Å². The Morgan fingerprint density at radius 3 is 1.19 bits per heavy atom. The second-order valence-electron chi connectivity index (χ2n) is 21.8. The van der Waals surface area contributed by atoms with E-state index in [9.17, 15) is 33.4 Å². The topological polar surface area (TPSA) is 178 Å². The molecule has 452 valence electrons. The fourth-order valence-electron chi connectivity index (χ4n) is 9.60. The normalized spacial score (nSPS) is 10.9. The smallest absolute Gasteiger partial charge is 0.248 e. The Morgan fingerprint density at radius 1 is 0.389 bits per heavy atom. The summed E-state index contributed by atoms with van der Waals surface area (Å²) in [5, 5.41) is 29.5. The second kappa shape index (κ2) is 28.4. The quantitative estimate of drug-likeness (QED) is 0.0762. The number of ether oxygens (including phenoxy) is 4. The first-order valence-corrected chi connectivity index (χ1v) is 28.5. The summed E-state index contributed by atoms with van der Waals surface area (Å²) in [6.45, 7) is 8.63. The van der Waals surface area contributed by atoms with E-state index in [1.807, 2.05) is 91.0 Å². The number of nitrogens with zero attached hydrogens (tertiary/aromatic N) is 1. The summed E-state index contributed by atoms with van der Waals surface area (Å²) in [6, 6.07) is 72.8. The van der Waals surface area contributed by atoms with E-state index in [0.29, 0.717) is 45.4 Å². The van der Waals surface area contributed by atoms with E-state index in [4.69, 9.17) is 24.1 Å². The van der Waals surface area contributed by atoms with Gasteiger partial charge in [-0.25, -0.2) is 13.8 Å². The van der Waals surface area contributed by atoms with Gasteiger partial charge in [-0.05, 0) is 216 Å². The van der Waals surface area contributed by atoms with Gasteiger partial charge in [0.05, 0.1) is 19.7 Å². The number of aromatic hydroxyl groups is 3. The van der Waals surface area contributed by atoms with Crippen molar-refractivity contribution in [1.82, 2.24) is 9.97 Å². The number of aromatic amines is 1. The number of rotatable bonds is 14. The predicted octanol–water partition coefficient (Wildman–Crippen LogP) is 17.2. The van der Waals surface area contributed by atoms with Gasteiger partial charge >= 0.3 is 0 Å². The zero-order chi connectivity index (χ0) is 64.0.